The average Bonchev–Trinajstić information content (AvgIpc) is 2.84. The van der Waals surface area contributed by atoms with E-state index in [1.54, 1.807) is 24.3 Å². The van der Waals surface area contributed by atoms with Crippen LogP contribution in [0.1, 0.15) is 36.0 Å². The summed E-state index contributed by atoms with van der Waals surface area (Å²) in [6.07, 6.45) is 3.67. The Kier molecular flexibility index (Phi) is 4.23. The predicted molar refractivity (Wildman–Crippen MR) is 82.4 cm³/mol. The zero-order valence-corrected chi connectivity index (χ0v) is 12.9. The molecule has 6 nitrogen and oxygen atoms in total. The van der Waals surface area contributed by atoms with Crippen LogP contribution < -0.4 is 0 Å². The summed E-state index contributed by atoms with van der Waals surface area (Å²) in [6, 6.07) is 6.37. The van der Waals surface area contributed by atoms with Gasteiger partial charge in [-0.05, 0) is 37.1 Å². The van der Waals surface area contributed by atoms with Crippen LogP contribution in [-0.2, 0) is 9.53 Å². The fourth-order valence-electron chi connectivity index (χ4n) is 3.24. The molecule has 0 spiro atoms. The van der Waals surface area contributed by atoms with Crippen molar-refractivity contribution in [3.05, 3.63) is 41.3 Å². The Morgan fingerprint density at radius 1 is 1.13 bits per heavy atom. The molecule has 0 aliphatic heterocycles. The second-order valence-corrected chi connectivity index (χ2v) is 5.83. The second-order valence-electron chi connectivity index (χ2n) is 5.83. The summed E-state index contributed by atoms with van der Waals surface area (Å²) in [4.78, 5) is 23.7. The summed E-state index contributed by atoms with van der Waals surface area (Å²) < 4.78 is 4.62. The minimum atomic E-state index is -0.427. The zero-order chi connectivity index (χ0) is 16.4. The van der Waals surface area contributed by atoms with Gasteiger partial charge in [-0.2, -0.15) is 5.11 Å². The third kappa shape index (κ3) is 2.88. The van der Waals surface area contributed by atoms with Crippen LogP contribution in [0, 0.1) is 11.8 Å². The van der Waals surface area contributed by atoms with E-state index in [0.717, 1.165) is 25.7 Å². The van der Waals surface area contributed by atoms with Crippen molar-refractivity contribution in [2.24, 2.45) is 22.1 Å². The normalized spacial score (nSPS) is 24.1. The van der Waals surface area contributed by atoms with Crippen LogP contribution in [0.3, 0.4) is 0 Å². The number of methoxy groups -OCH3 is 1. The molecule has 0 heterocycles. The van der Waals surface area contributed by atoms with E-state index in [1.165, 1.54) is 7.11 Å². The lowest BCUT2D eigenvalue weighted by molar-refractivity contribution is -0.120. The molecule has 1 aromatic carbocycles. The first-order valence-electron chi connectivity index (χ1n) is 7.69. The summed E-state index contributed by atoms with van der Waals surface area (Å²) in [6.45, 7) is 0. The lowest BCUT2D eigenvalue weighted by atomic mass is 9.80. The maximum absolute atomic E-state index is 12.3. The van der Waals surface area contributed by atoms with Crippen molar-refractivity contribution in [1.82, 2.24) is 0 Å². The molecule has 2 atom stereocenters. The molecule has 0 saturated heterocycles. The van der Waals surface area contributed by atoms with Crippen molar-refractivity contribution in [1.29, 1.82) is 0 Å². The molecule has 2 unspecified atom stereocenters. The molecular weight excluding hydrogens is 296 g/mol. The minimum Gasteiger partial charge on any atom is -0.510 e. The molecule has 0 amide bonds. The van der Waals surface area contributed by atoms with Crippen LogP contribution in [-0.4, -0.2) is 24.0 Å². The van der Waals surface area contributed by atoms with Crippen LogP contribution in [0.15, 0.2) is 46.0 Å². The summed E-state index contributed by atoms with van der Waals surface area (Å²) in [5, 5.41) is 18.2. The molecule has 1 aromatic rings. The molecule has 1 saturated carbocycles. The molecular formula is C17H18N2O4. The topological polar surface area (TPSA) is 88.3 Å². The number of carbonyl (C=O) groups is 2. The van der Waals surface area contributed by atoms with Crippen LogP contribution in [0.4, 0.5) is 5.69 Å². The summed E-state index contributed by atoms with van der Waals surface area (Å²) in [5.41, 5.74) is 0.996. The first-order chi connectivity index (χ1) is 11.1. The molecule has 1 N–H and O–H groups in total. The van der Waals surface area contributed by atoms with Crippen LogP contribution in [0.25, 0.3) is 0 Å². The number of hydrogen-bond acceptors (Lipinski definition) is 6. The van der Waals surface area contributed by atoms with Crippen LogP contribution >= 0.6 is 0 Å². The smallest absolute Gasteiger partial charge is 0.337 e. The molecule has 23 heavy (non-hydrogen) atoms. The number of hydrogen-bond donors (Lipinski definition) is 1. The minimum absolute atomic E-state index is 0.0784. The third-order valence-electron chi connectivity index (χ3n) is 4.48. The Morgan fingerprint density at radius 2 is 1.78 bits per heavy atom. The number of benzene rings is 1. The number of ether oxygens (including phenoxy) is 1. The van der Waals surface area contributed by atoms with Crippen LogP contribution in [0.5, 0.6) is 0 Å². The lowest BCUT2D eigenvalue weighted by Crippen LogP contribution is -2.21. The van der Waals surface area contributed by atoms with E-state index in [-0.39, 0.29) is 29.1 Å². The maximum atomic E-state index is 12.3. The largest absolute Gasteiger partial charge is 0.510 e. The number of Topliss-reactive ketones (excluding diaryl/α,β-unsaturated/α-hetero) is 1. The molecule has 2 aliphatic carbocycles. The van der Waals surface area contributed by atoms with Gasteiger partial charge in [0.2, 0.25) is 0 Å². The molecule has 0 bridgehead atoms. The van der Waals surface area contributed by atoms with E-state index in [0.29, 0.717) is 11.3 Å². The van der Waals surface area contributed by atoms with Crippen molar-refractivity contribution >= 4 is 17.4 Å². The van der Waals surface area contributed by atoms with Gasteiger partial charge in [0.15, 0.2) is 11.5 Å². The fraction of sp³-hybridized carbons (Fsp3) is 0.412. The summed E-state index contributed by atoms with van der Waals surface area (Å²) >= 11 is 0. The number of aliphatic hydroxyl groups is 1. The van der Waals surface area contributed by atoms with Gasteiger partial charge in [-0.25, -0.2) is 4.79 Å². The van der Waals surface area contributed by atoms with Crippen LogP contribution in [0.2, 0.25) is 0 Å². The Bertz CT molecular complexity index is 691. The van der Waals surface area contributed by atoms with E-state index in [4.69, 9.17) is 0 Å². The number of fused-ring (bicyclic) bond motifs is 1. The molecule has 120 valence electrons. The predicted octanol–water partition coefficient (Wildman–Crippen LogP) is 3.72. The third-order valence-corrected chi connectivity index (χ3v) is 4.48. The van der Waals surface area contributed by atoms with Gasteiger partial charge in [-0.1, -0.05) is 12.8 Å². The fourth-order valence-corrected chi connectivity index (χ4v) is 3.24. The SMILES string of the molecule is COC(=O)c1ccc(N=NC2=C(O)C3CCCCC3C2=O)cc1. The summed E-state index contributed by atoms with van der Waals surface area (Å²) in [5.74, 6) is -0.688. The number of allylic oxidation sites excluding steroid dienone is 2. The van der Waals surface area contributed by atoms with Crippen molar-refractivity contribution in [3.8, 4) is 0 Å². The van der Waals surface area contributed by atoms with Gasteiger partial charge in [0, 0.05) is 11.8 Å². The van der Waals surface area contributed by atoms with Gasteiger partial charge in [-0.15, -0.1) is 5.11 Å². The van der Waals surface area contributed by atoms with Gasteiger partial charge in [0.05, 0.1) is 18.4 Å². The van der Waals surface area contributed by atoms with Crippen molar-refractivity contribution < 1.29 is 19.4 Å². The molecule has 0 aromatic heterocycles. The van der Waals surface area contributed by atoms with Gasteiger partial charge >= 0.3 is 5.97 Å². The molecule has 3 rings (SSSR count). The Balaban J connectivity index is 1.78. The van der Waals surface area contributed by atoms with E-state index in [2.05, 4.69) is 15.0 Å². The van der Waals surface area contributed by atoms with Crippen molar-refractivity contribution in [3.63, 3.8) is 0 Å². The number of azo groups is 1. The second kappa shape index (κ2) is 6.32. The average molecular weight is 314 g/mol. The maximum Gasteiger partial charge on any atom is 0.337 e. The molecule has 2 aliphatic rings. The first-order valence-corrected chi connectivity index (χ1v) is 7.69. The number of aliphatic hydroxyl groups excluding tert-OH is 1. The Labute approximate surface area is 133 Å². The Morgan fingerprint density at radius 3 is 2.39 bits per heavy atom. The highest BCUT2D eigenvalue weighted by Gasteiger charge is 2.43. The van der Waals surface area contributed by atoms with Gasteiger partial charge in [0.1, 0.15) is 5.76 Å². The lowest BCUT2D eigenvalue weighted by Gasteiger charge is -2.23. The first kappa shape index (κ1) is 15.4. The number of rotatable bonds is 3. The number of nitrogens with zero attached hydrogens (tertiary/aromatic N) is 2. The Hall–Kier alpha value is -2.50. The van der Waals surface area contributed by atoms with Crippen molar-refractivity contribution in [2.45, 2.75) is 25.7 Å². The van der Waals surface area contributed by atoms with E-state index in [1.807, 2.05) is 0 Å². The molecule has 0 radical (unpaired) electrons. The summed E-state index contributed by atoms with van der Waals surface area (Å²) in [7, 11) is 1.32. The highest BCUT2D eigenvalue weighted by Crippen LogP contribution is 2.43. The quantitative estimate of drug-likeness (QED) is 0.680. The molecule has 6 heteroatoms. The monoisotopic (exact) mass is 314 g/mol. The molecule has 1 fully saturated rings. The zero-order valence-electron chi connectivity index (χ0n) is 12.9. The van der Waals surface area contributed by atoms with Gasteiger partial charge < -0.3 is 9.84 Å². The van der Waals surface area contributed by atoms with E-state index in [9.17, 15) is 14.7 Å². The van der Waals surface area contributed by atoms with Gasteiger partial charge in [0.25, 0.3) is 0 Å². The van der Waals surface area contributed by atoms with E-state index >= 15 is 0 Å². The number of ketones is 1. The van der Waals surface area contributed by atoms with E-state index < -0.39 is 5.97 Å². The number of esters is 1. The standard InChI is InChI=1S/C17H18N2O4/c1-23-17(22)10-6-8-11(9-7-10)18-19-14-15(20)12-4-2-3-5-13(12)16(14)21/h6-9,12-13,20H,2-5H2,1H3. The van der Waals surface area contributed by atoms with Gasteiger partial charge in [-0.3, -0.25) is 4.79 Å². The number of carbonyl (C=O) groups excluding carboxylic acids is 2. The van der Waals surface area contributed by atoms with Crippen molar-refractivity contribution in [2.75, 3.05) is 7.11 Å². The highest BCUT2D eigenvalue weighted by molar-refractivity contribution is 6.00. The highest BCUT2D eigenvalue weighted by atomic mass is 16.5.